The molecule has 0 aliphatic heterocycles. The van der Waals surface area contributed by atoms with Gasteiger partial charge in [0.25, 0.3) is 0 Å². The van der Waals surface area contributed by atoms with Crippen LogP contribution in [0.15, 0.2) is 12.3 Å². The summed E-state index contributed by atoms with van der Waals surface area (Å²) in [5.74, 6) is 0.892. The Morgan fingerprint density at radius 2 is 1.89 bits per heavy atom. The smallest absolute Gasteiger partial charge is 0.129 e. The molecule has 1 rings (SSSR count). The van der Waals surface area contributed by atoms with E-state index in [-0.39, 0.29) is 0 Å². The lowest BCUT2D eigenvalue weighted by molar-refractivity contribution is 0.190. The quantitative estimate of drug-likeness (QED) is 0.747. The molecule has 6 heteroatoms. The number of methoxy groups -OCH3 is 2. The number of anilines is 1. The second kappa shape index (κ2) is 9.09. The fourth-order valence-corrected chi connectivity index (χ4v) is 1.88. The number of nitrogens with one attached hydrogen (secondary N) is 1. The molecule has 0 atom stereocenters. The highest BCUT2D eigenvalue weighted by Crippen LogP contribution is 2.20. The van der Waals surface area contributed by atoms with E-state index in [0.29, 0.717) is 18.2 Å². The summed E-state index contributed by atoms with van der Waals surface area (Å²) in [5, 5.41) is 3.77. The molecule has 1 N–H and O–H groups in total. The highest BCUT2D eigenvalue weighted by Gasteiger charge is 2.10. The molecule has 0 saturated carbocycles. The normalized spacial score (nSPS) is 10.7. The van der Waals surface area contributed by atoms with Crippen molar-refractivity contribution in [3.63, 3.8) is 0 Å². The molecule has 108 valence electrons. The van der Waals surface area contributed by atoms with Crippen LogP contribution in [0.4, 0.5) is 5.82 Å². The van der Waals surface area contributed by atoms with Gasteiger partial charge in [0, 0.05) is 40.1 Å². The van der Waals surface area contributed by atoms with Crippen LogP contribution >= 0.6 is 11.6 Å². The topological polar surface area (TPSA) is 46.6 Å². The van der Waals surface area contributed by atoms with Crippen LogP contribution in [0.5, 0.6) is 0 Å². The SMILES string of the molecule is CNCc1cc(N(CCOC)CCOC)ncc1Cl. The summed E-state index contributed by atoms with van der Waals surface area (Å²) in [7, 11) is 5.27. The average molecular weight is 288 g/mol. The Hall–Kier alpha value is -0.880. The largest absolute Gasteiger partial charge is 0.383 e. The lowest BCUT2D eigenvalue weighted by Gasteiger charge is -2.23. The highest BCUT2D eigenvalue weighted by molar-refractivity contribution is 6.31. The minimum atomic E-state index is 0.648. The number of pyridine rings is 1. The van der Waals surface area contributed by atoms with Crippen molar-refractivity contribution in [2.75, 3.05) is 52.5 Å². The van der Waals surface area contributed by atoms with Gasteiger partial charge < -0.3 is 19.7 Å². The van der Waals surface area contributed by atoms with Gasteiger partial charge in [0.2, 0.25) is 0 Å². The molecule has 0 spiro atoms. The Labute approximate surface area is 119 Å². The molecule has 1 aromatic heterocycles. The zero-order valence-corrected chi connectivity index (χ0v) is 12.5. The van der Waals surface area contributed by atoms with E-state index < -0.39 is 0 Å². The lowest BCUT2D eigenvalue weighted by atomic mass is 10.2. The van der Waals surface area contributed by atoms with Crippen LogP contribution in [0.3, 0.4) is 0 Å². The molecule has 0 amide bonds. The van der Waals surface area contributed by atoms with Gasteiger partial charge >= 0.3 is 0 Å². The Kier molecular flexibility index (Phi) is 7.74. The number of aromatic nitrogens is 1. The first-order valence-electron chi connectivity index (χ1n) is 6.24. The van der Waals surface area contributed by atoms with Gasteiger partial charge in [0.05, 0.1) is 18.2 Å². The molecule has 0 aromatic carbocycles. The van der Waals surface area contributed by atoms with E-state index in [9.17, 15) is 0 Å². The fraction of sp³-hybridized carbons (Fsp3) is 0.615. The maximum absolute atomic E-state index is 6.12. The summed E-state index contributed by atoms with van der Waals surface area (Å²) in [6.07, 6.45) is 1.69. The summed E-state index contributed by atoms with van der Waals surface area (Å²) in [5.41, 5.74) is 1.04. The first-order chi connectivity index (χ1) is 9.22. The number of rotatable bonds is 9. The summed E-state index contributed by atoms with van der Waals surface area (Å²) in [6, 6.07) is 2.00. The van der Waals surface area contributed by atoms with Crippen molar-refractivity contribution in [2.45, 2.75) is 6.54 Å². The van der Waals surface area contributed by atoms with Gasteiger partial charge in [0.15, 0.2) is 0 Å². The molecular formula is C13H22ClN3O2. The third kappa shape index (κ3) is 5.32. The van der Waals surface area contributed by atoms with Crippen molar-refractivity contribution in [2.24, 2.45) is 0 Å². The van der Waals surface area contributed by atoms with Crippen LogP contribution in [0.1, 0.15) is 5.56 Å². The number of nitrogens with zero attached hydrogens (tertiary/aromatic N) is 2. The van der Waals surface area contributed by atoms with Crippen molar-refractivity contribution in [3.8, 4) is 0 Å². The third-order valence-corrected chi connectivity index (χ3v) is 3.08. The van der Waals surface area contributed by atoms with Crippen LogP contribution < -0.4 is 10.2 Å². The van der Waals surface area contributed by atoms with E-state index >= 15 is 0 Å². The van der Waals surface area contributed by atoms with E-state index in [1.54, 1.807) is 20.4 Å². The van der Waals surface area contributed by atoms with Crippen LogP contribution in [0, 0.1) is 0 Å². The highest BCUT2D eigenvalue weighted by atomic mass is 35.5. The van der Waals surface area contributed by atoms with Crippen LogP contribution in [0.2, 0.25) is 5.02 Å². The molecule has 0 aliphatic carbocycles. The minimum Gasteiger partial charge on any atom is -0.383 e. The molecule has 0 saturated heterocycles. The van der Waals surface area contributed by atoms with Gasteiger partial charge in [0.1, 0.15) is 5.82 Å². The Morgan fingerprint density at radius 1 is 1.26 bits per heavy atom. The van der Waals surface area contributed by atoms with E-state index in [1.165, 1.54) is 0 Å². The molecule has 19 heavy (non-hydrogen) atoms. The summed E-state index contributed by atoms with van der Waals surface area (Å²) < 4.78 is 10.3. The maximum atomic E-state index is 6.12. The van der Waals surface area contributed by atoms with E-state index in [2.05, 4.69) is 15.2 Å². The number of hydrogen-bond donors (Lipinski definition) is 1. The maximum Gasteiger partial charge on any atom is 0.129 e. The summed E-state index contributed by atoms with van der Waals surface area (Å²) in [4.78, 5) is 6.51. The number of halogens is 1. The van der Waals surface area contributed by atoms with Crippen LogP contribution in [0.25, 0.3) is 0 Å². The van der Waals surface area contributed by atoms with E-state index in [1.807, 2.05) is 13.1 Å². The molecule has 1 aromatic rings. The summed E-state index contributed by atoms with van der Waals surface area (Å²) in [6.45, 7) is 3.56. The van der Waals surface area contributed by atoms with Gasteiger partial charge in [-0.05, 0) is 18.7 Å². The zero-order valence-electron chi connectivity index (χ0n) is 11.8. The predicted molar refractivity (Wildman–Crippen MR) is 78.0 cm³/mol. The summed E-state index contributed by atoms with van der Waals surface area (Å²) >= 11 is 6.12. The first-order valence-corrected chi connectivity index (χ1v) is 6.62. The van der Waals surface area contributed by atoms with Crippen molar-refractivity contribution in [1.82, 2.24) is 10.3 Å². The lowest BCUT2D eigenvalue weighted by Crippen LogP contribution is -2.31. The standard InChI is InChI=1S/C13H22ClN3O2/c1-15-9-11-8-13(16-10-12(11)14)17(4-6-18-2)5-7-19-3/h8,10,15H,4-7,9H2,1-3H3. The molecular weight excluding hydrogens is 266 g/mol. The molecule has 5 nitrogen and oxygen atoms in total. The fourth-order valence-electron chi connectivity index (χ4n) is 1.71. The van der Waals surface area contributed by atoms with Gasteiger partial charge in [-0.3, -0.25) is 0 Å². The minimum absolute atomic E-state index is 0.648. The molecule has 0 radical (unpaired) electrons. The Morgan fingerprint density at radius 3 is 2.42 bits per heavy atom. The van der Waals surface area contributed by atoms with Gasteiger partial charge in [-0.2, -0.15) is 0 Å². The molecule has 0 fully saturated rings. The van der Waals surface area contributed by atoms with Gasteiger partial charge in [-0.15, -0.1) is 0 Å². The number of ether oxygens (including phenoxy) is 2. The number of hydrogen-bond acceptors (Lipinski definition) is 5. The van der Waals surface area contributed by atoms with Gasteiger partial charge in [-0.1, -0.05) is 11.6 Å². The second-order valence-corrected chi connectivity index (χ2v) is 4.54. The van der Waals surface area contributed by atoms with Crippen LogP contribution in [-0.2, 0) is 16.0 Å². The monoisotopic (exact) mass is 287 g/mol. The third-order valence-electron chi connectivity index (χ3n) is 2.74. The molecule has 0 unspecified atom stereocenters. The Bertz CT molecular complexity index is 369. The van der Waals surface area contributed by atoms with Gasteiger partial charge in [-0.25, -0.2) is 4.98 Å². The Balaban J connectivity index is 2.83. The van der Waals surface area contributed by atoms with Crippen LogP contribution in [-0.4, -0.2) is 52.6 Å². The van der Waals surface area contributed by atoms with Crippen molar-refractivity contribution >= 4 is 17.4 Å². The zero-order chi connectivity index (χ0) is 14.1. The first kappa shape index (κ1) is 16.2. The van der Waals surface area contributed by atoms with E-state index in [0.717, 1.165) is 31.0 Å². The molecule has 0 bridgehead atoms. The van der Waals surface area contributed by atoms with Crippen molar-refractivity contribution in [3.05, 3.63) is 22.8 Å². The van der Waals surface area contributed by atoms with E-state index in [4.69, 9.17) is 21.1 Å². The molecule has 1 heterocycles. The second-order valence-electron chi connectivity index (χ2n) is 4.14. The van der Waals surface area contributed by atoms with Crippen molar-refractivity contribution in [1.29, 1.82) is 0 Å². The van der Waals surface area contributed by atoms with Crippen molar-refractivity contribution < 1.29 is 9.47 Å². The molecule has 0 aliphatic rings. The average Bonchev–Trinajstić information content (AvgIpc) is 2.42. The predicted octanol–water partition coefficient (Wildman–Crippen LogP) is 1.55.